The molecule has 0 aliphatic heterocycles. The molecule has 0 fully saturated rings. The smallest absolute Gasteiger partial charge is 0.123 e. The van der Waals surface area contributed by atoms with Crippen molar-refractivity contribution in [2.75, 3.05) is 20.3 Å². The van der Waals surface area contributed by atoms with Crippen LogP contribution in [0.3, 0.4) is 0 Å². The summed E-state index contributed by atoms with van der Waals surface area (Å²) in [5, 5.41) is 0. The highest BCUT2D eigenvalue weighted by Crippen LogP contribution is 2.17. The first-order valence-electron chi connectivity index (χ1n) is 6.43. The molecule has 0 saturated carbocycles. The Labute approximate surface area is 117 Å². The molecule has 0 unspecified atom stereocenters. The van der Waals surface area contributed by atoms with Crippen LogP contribution in [0.25, 0.3) is 0 Å². The zero-order valence-corrected chi connectivity index (χ0v) is 11.3. The molecule has 0 radical (unpaired) electrons. The zero-order valence-electron chi connectivity index (χ0n) is 11.3. The molecule has 0 saturated heterocycles. The highest BCUT2D eigenvalue weighted by atomic mass is 19.1. The fourth-order valence-corrected chi connectivity index (χ4v) is 1.64. The molecule has 0 spiro atoms. The summed E-state index contributed by atoms with van der Waals surface area (Å²) >= 11 is 0. The number of halogens is 1. The molecule has 0 N–H and O–H groups in total. The van der Waals surface area contributed by atoms with Gasteiger partial charge in [0.2, 0.25) is 0 Å². The van der Waals surface area contributed by atoms with Gasteiger partial charge in [-0.25, -0.2) is 4.39 Å². The van der Waals surface area contributed by atoms with Gasteiger partial charge in [0.05, 0.1) is 20.3 Å². The van der Waals surface area contributed by atoms with E-state index in [-0.39, 0.29) is 5.82 Å². The standard InChI is InChI=1S/C16H17FO3/c1-18-14-7-9-16(10-8-14)20-12-2-11-19-15-5-3-13(17)4-6-15/h3-10H,2,11-12H2,1H3. The minimum Gasteiger partial charge on any atom is -0.497 e. The summed E-state index contributed by atoms with van der Waals surface area (Å²) in [6, 6.07) is 13.4. The molecule has 4 heteroatoms. The molecular formula is C16H17FO3. The summed E-state index contributed by atoms with van der Waals surface area (Å²) in [6.45, 7) is 1.09. The summed E-state index contributed by atoms with van der Waals surface area (Å²) in [4.78, 5) is 0. The topological polar surface area (TPSA) is 27.7 Å². The van der Waals surface area contributed by atoms with Gasteiger partial charge in [-0.1, -0.05) is 0 Å². The van der Waals surface area contributed by atoms with Gasteiger partial charge in [0, 0.05) is 6.42 Å². The first kappa shape index (κ1) is 14.2. The highest BCUT2D eigenvalue weighted by Gasteiger charge is 1.97. The molecule has 2 aromatic rings. The van der Waals surface area contributed by atoms with E-state index in [1.165, 1.54) is 12.1 Å². The molecule has 2 rings (SSSR count). The Morgan fingerprint density at radius 1 is 0.750 bits per heavy atom. The van der Waals surface area contributed by atoms with Crippen LogP contribution in [0.2, 0.25) is 0 Å². The van der Waals surface area contributed by atoms with E-state index in [0.717, 1.165) is 17.9 Å². The van der Waals surface area contributed by atoms with E-state index in [4.69, 9.17) is 14.2 Å². The number of methoxy groups -OCH3 is 1. The third kappa shape index (κ3) is 4.46. The SMILES string of the molecule is COc1ccc(OCCCOc2ccc(F)cc2)cc1. The number of rotatable bonds is 7. The fourth-order valence-electron chi connectivity index (χ4n) is 1.64. The van der Waals surface area contributed by atoms with Crippen LogP contribution < -0.4 is 14.2 Å². The zero-order chi connectivity index (χ0) is 14.2. The van der Waals surface area contributed by atoms with Gasteiger partial charge in [-0.15, -0.1) is 0 Å². The predicted molar refractivity (Wildman–Crippen MR) is 75.0 cm³/mol. The Morgan fingerprint density at radius 3 is 1.70 bits per heavy atom. The first-order valence-corrected chi connectivity index (χ1v) is 6.43. The number of hydrogen-bond acceptors (Lipinski definition) is 3. The molecule has 0 aliphatic carbocycles. The van der Waals surface area contributed by atoms with E-state index in [2.05, 4.69) is 0 Å². The van der Waals surface area contributed by atoms with E-state index in [0.29, 0.717) is 19.0 Å². The Balaban J connectivity index is 1.64. The maximum Gasteiger partial charge on any atom is 0.123 e. The number of hydrogen-bond donors (Lipinski definition) is 0. The average Bonchev–Trinajstić information content (AvgIpc) is 2.49. The van der Waals surface area contributed by atoms with Gasteiger partial charge in [-0.2, -0.15) is 0 Å². The highest BCUT2D eigenvalue weighted by molar-refractivity contribution is 5.31. The normalized spacial score (nSPS) is 10.1. The molecule has 0 aliphatic rings. The Kier molecular flexibility index (Phi) is 5.24. The van der Waals surface area contributed by atoms with Gasteiger partial charge in [-0.05, 0) is 48.5 Å². The van der Waals surface area contributed by atoms with Gasteiger partial charge in [0.15, 0.2) is 0 Å². The third-order valence-corrected chi connectivity index (χ3v) is 2.70. The van der Waals surface area contributed by atoms with Gasteiger partial charge >= 0.3 is 0 Å². The van der Waals surface area contributed by atoms with Gasteiger partial charge in [0.1, 0.15) is 23.1 Å². The second-order valence-electron chi connectivity index (χ2n) is 4.18. The maximum absolute atomic E-state index is 12.7. The van der Waals surface area contributed by atoms with Crippen molar-refractivity contribution in [2.45, 2.75) is 6.42 Å². The third-order valence-electron chi connectivity index (χ3n) is 2.70. The Morgan fingerprint density at radius 2 is 1.20 bits per heavy atom. The van der Waals surface area contributed by atoms with Crippen LogP contribution >= 0.6 is 0 Å². The summed E-state index contributed by atoms with van der Waals surface area (Å²) in [5.74, 6) is 2.00. The lowest BCUT2D eigenvalue weighted by Gasteiger charge is -2.08. The molecule has 0 heterocycles. The first-order chi connectivity index (χ1) is 9.78. The molecule has 20 heavy (non-hydrogen) atoms. The van der Waals surface area contributed by atoms with E-state index in [1.54, 1.807) is 19.2 Å². The number of ether oxygens (including phenoxy) is 3. The lowest BCUT2D eigenvalue weighted by molar-refractivity contribution is 0.247. The van der Waals surface area contributed by atoms with E-state index in [9.17, 15) is 4.39 Å². The summed E-state index contributed by atoms with van der Waals surface area (Å²) in [5.41, 5.74) is 0. The average molecular weight is 276 g/mol. The Bertz CT molecular complexity index is 508. The van der Waals surface area contributed by atoms with Crippen molar-refractivity contribution in [3.63, 3.8) is 0 Å². The van der Waals surface area contributed by atoms with Crippen molar-refractivity contribution in [1.82, 2.24) is 0 Å². The van der Waals surface area contributed by atoms with E-state index >= 15 is 0 Å². The van der Waals surface area contributed by atoms with E-state index in [1.807, 2.05) is 24.3 Å². The summed E-state index contributed by atoms with van der Waals surface area (Å²) < 4.78 is 28.8. The molecule has 0 aromatic heterocycles. The quantitative estimate of drug-likeness (QED) is 0.722. The van der Waals surface area contributed by atoms with Gasteiger partial charge < -0.3 is 14.2 Å². The van der Waals surface area contributed by atoms with Gasteiger partial charge in [0.25, 0.3) is 0 Å². The van der Waals surface area contributed by atoms with Crippen LogP contribution in [0.4, 0.5) is 4.39 Å². The second kappa shape index (κ2) is 7.38. The van der Waals surface area contributed by atoms with Crippen molar-refractivity contribution in [3.05, 3.63) is 54.3 Å². The van der Waals surface area contributed by atoms with Crippen LogP contribution in [-0.4, -0.2) is 20.3 Å². The van der Waals surface area contributed by atoms with Crippen molar-refractivity contribution in [2.24, 2.45) is 0 Å². The minimum absolute atomic E-state index is 0.264. The summed E-state index contributed by atoms with van der Waals surface area (Å²) in [6.07, 6.45) is 0.753. The Hall–Kier alpha value is -2.23. The van der Waals surface area contributed by atoms with Crippen LogP contribution in [0, 0.1) is 5.82 Å². The fraction of sp³-hybridized carbons (Fsp3) is 0.250. The molecule has 0 bridgehead atoms. The largest absolute Gasteiger partial charge is 0.497 e. The van der Waals surface area contributed by atoms with E-state index < -0.39 is 0 Å². The monoisotopic (exact) mass is 276 g/mol. The lowest BCUT2D eigenvalue weighted by Crippen LogP contribution is -2.04. The molecule has 2 aromatic carbocycles. The minimum atomic E-state index is -0.264. The van der Waals surface area contributed by atoms with Crippen LogP contribution in [0.5, 0.6) is 17.2 Å². The molecule has 0 amide bonds. The molecule has 3 nitrogen and oxygen atoms in total. The van der Waals surface area contributed by atoms with Crippen molar-refractivity contribution < 1.29 is 18.6 Å². The van der Waals surface area contributed by atoms with Crippen LogP contribution in [0.1, 0.15) is 6.42 Å². The van der Waals surface area contributed by atoms with Crippen molar-refractivity contribution in [3.8, 4) is 17.2 Å². The van der Waals surface area contributed by atoms with Crippen LogP contribution in [-0.2, 0) is 0 Å². The lowest BCUT2D eigenvalue weighted by atomic mass is 10.3. The second-order valence-corrected chi connectivity index (χ2v) is 4.18. The maximum atomic E-state index is 12.7. The predicted octanol–water partition coefficient (Wildman–Crippen LogP) is 3.68. The van der Waals surface area contributed by atoms with Gasteiger partial charge in [-0.3, -0.25) is 0 Å². The molecular weight excluding hydrogens is 259 g/mol. The summed E-state index contributed by atoms with van der Waals surface area (Å²) in [7, 11) is 1.63. The molecule has 106 valence electrons. The van der Waals surface area contributed by atoms with Crippen molar-refractivity contribution in [1.29, 1.82) is 0 Å². The van der Waals surface area contributed by atoms with Crippen LogP contribution in [0.15, 0.2) is 48.5 Å². The number of benzene rings is 2. The van der Waals surface area contributed by atoms with Crippen molar-refractivity contribution >= 4 is 0 Å². The molecule has 0 atom stereocenters.